The van der Waals surface area contributed by atoms with Gasteiger partial charge in [0.25, 0.3) is 0 Å². The number of aromatic nitrogens is 2. The number of halogens is 1. The number of nitrogen functional groups attached to an aromatic ring is 1. The van der Waals surface area contributed by atoms with Crippen LogP contribution in [0, 0.1) is 0 Å². The van der Waals surface area contributed by atoms with Crippen LogP contribution >= 0.6 is 11.6 Å². The lowest BCUT2D eigenvalue weighted by Gasteiger charge is -1.95. The smallest absolute Gasteiger partial charge is 0.222 e. The van der Waals surface area contributed by atoms with Crippen molar-refractivity contribution in [3.05, 3.63) is 21.9 Å². The molecule has 0 amide bonds. The molecule has 0 unspecified atom stereocenters. The molecule has 0 aromatic carbocycles. The van der Waals surface area contributed by atoms with Gasteiger partial charge in [0.05, 0.1) is 11.9 Å². The minimum Gasteiger partial charge on any atom is -0.396 e. The minimum atomic E-state index is 0.00148. The Morgan fingerprint density at radius 1 is 1.73 bits per heavy atom. The molecule has 56 valence electrons. The zero-order chi connectivity index (χ0) is 8.27. The van der Waals surface area contributed by atoms with Gasteiger partial charge in [0.15, 0.2) is 5.82 Å². The van der Waals surface area contributed by atoms with Crippen LogP contribution in [0.25, 0.3) is 10.4 Å². The minimum absolute atomic E-state index is 0.00148. The number of azide groups is 1. The van der Waals surface area contributed by atoms with E-state index >= 15 is 0 Å². The van der Waals surface area contributed by atoms with Gasteiger partial charge in [-0.25, -0.2) is 9.97 Å². The highest BCUT2D eigenvalue weighted by atomic mass is 35.5. The van der Waals surface area contributed by atoms with Crippen molar-refractivity contribution in [2.75, 3.05) is 5.73 Å². The molecule has 1 aromatic heterocycles. The van der Waals surface area contributed by atoms with Gasteiger partial charge in [-0.2, -0.15) is 0 Å². The molecule has 0 fully saturated rings. The number of nitrogens with two attached hydrogens (primary N) is 1. The molecule has 0 bridgehead atoms. The lowest BCUT2D eigenvalue weighted by atomic mass is 10.5. The van der Waals surface area contributed by atoms with Crippen LogP contribution in [-0.2, 0) is 0 Å². The van der Waals surface area contributed by atoms with E-state index in [1.807, 2.05) is 0 Å². The van der Waals surface area contributed by atoms with Crippen LogP contribution in [0.3, 0.4) is 0 Å². The van der Waals surface area contributed by atoms with Crippen molar-refractivity contribution in [3.63, 3.8) is 0 Å². The largest absolute Gasteiger partial charge is 0.396 e. The maximum atomic E-state index is 8.03. The van der Waals surface area contributed by atoms with Crippen molar-refractivity contribution >= 4 is 23.1 Å². The van der Waals surface area contributed by atoms with E-state index in [1.165, 1.54) is 6.20 Å². The zero-order valence-electron chi connectivity index (χ0n) is 5.27. The fourth-order valence-corrected chi connectivity index (χ4v) is 0.613. The van der Waals surface area contributed by atoms with Crippen molar-refractivity contribution in [3.8, 4) is 0 Å². The predicted molar refractivity (Wildman–Crippen MR) is 40.3 cm³/mol. The van der Waals surface area contributed by atoms with E-state index in [2.05, 4.69) is 20.0 Å². The maximum Gasteiger partial charge on any atom is 0.222 e. The van der Waals surface area contributed by atoms with Gasteiger partial charge < -0.3 is 5.73 Å². The van der Waals surface area contributed by atoms with Crippen LogP contribution in [0.1, 0.15) is 0 Å². The molecule has 11 heavy (non-hydrogen) atoms. The Balaban J connectivity index is 3.22. The van der Waals surface area contributed by atoms with E-state index in [-0.39, 0.29) is 16.8 Å². The summed E-state index contributed by atoms with van der Waals surface area (Å²) in [5.74, 6) is 0.0486. The summed E-state index contributed by atoms with van der Waals surface area (Å²) in [7, 11) is 0. The van der Waals surface area contributed by atoms with Gasteiger partial charge in [-0.3, -0.25) is 0 Å². The van der Waals surface area contributed by atoms with Gasteiger partial charge in [-0.15, -0.1) is 0 Å². The molecule has 0 aliphatic rings. The molecule has 7 heteroatoms. The molecular formula is C4H3ClN6. The zero-order valence-corrected chi connectivity index (χ0v) is 6.02. The molecule has 1 aromatic rings. The fourth-order valence-electron chi connectivity index (χ4n) is 0.484. The number of anilines is 1. The summed E-state index contributed by atoms with van der Waals surface area (Å²) in [4.78, 5) is 9.64. The van der Waals surface area contributed by atoms with Gasteiger partial charge in [-0.1, -0.05) is 0 Å². The molecule has 0 aliphatic carbocycles. The molecular weight excluding hydrogens is 168 g/mol. The van der Waals surface area contributed by atoms with E-state index in [1.54, 1.807) is 0 Å². The molecule has 0 aliphatic heterocycles. The molecule has 1 heterocycles. The summed E-state index contributed by atoms with van der Waals surface area (Å²) in [6, 6.07) is 0. The SMILES string of the molecule is [N-]=[N+]=Nc1nc(Cl)ncc1N. The Morgan fingerprint density at radius 2 is 2.45 bits per heavy atom. The maximum absolute atomic E-state index is 8.03. The highest BCUT2D eigenvalue weighted by molar-refractivity contribution is 6.28. The van der Waals surface area contributed by atoms with E-state index in [9.17, 15) is 0 Å². The molecule has 0 spiro atoms. The predicted octanol–water partition coefficient (Wildman–Crippen LogP) is 1.65. The van der Waals surface area contributed by atoms with E-state index < -0.39 is 0 Å². The second-order valence-corrected chi connectivity index (χ2v) is 1.95. The van der Waals surface area contributed by atoms with Crippen molar-refractivity contribution in [1.82, 2.24) is 9.97 Å². The normalized spacial score (nSPS) is 8.82. The quantitative estimate of drug-likeness (QED) is 0.300. The van der Waals surface area contributed by atoms with Gasteiger partial charge in [0, 0.05) is 4.91 Å². The topological polar surface area (TPSA) is 101 Å². The Hall–Kier alpha value is -1.52. The van der Waals surface area contributed by atoms with Crippen molar-refractivity contribution in [1.29, 1.82) is 0 Å². The Labute approximate surface area is 66.6 Å². The summed E-state index contributed by atoms with van der Waals surface area (Å²) < 4.78 is 0. The highest BCUT2D eigenvalue weighted by Gasteiger charge is 1.98. The van der Waals surface area contributed by atoms with Crippen molar-refractivity contribution < 1.29 is 0 Å². The van der Waals surface area contributed by atoms with Crippen LogP contribution in [0.4, 0.5) is 11.5 Å². The number of rotatable bonds is 1. The lowest BCUT2D eigenvalue weighted by Crippen LogP contribution is -1.90. The summed E-state index contributed by atoms with van der Waals surface area (Å²) in [6.45, 7) is 0. The number of hydrogen-bond donors (Lipinski definition) is 1. The van der Waals surface area contributed by atoms with Crippen LogP contribution in [0.2, 0.25) is 5.28 Å². The number of nitrogens with zero attached hydrogens (tertiary/aromatic N) is 5. The summed E-state index contributed by atoms with van der Waals surface area (Å²) in [5, 5.41) is 3.19. The average molecular weight is 171 g/mol. The fraction of sp³-hybridized carbons (Fsp3) is 0. The third kappa shape index (κ3) is 1.70. The standard InChI is InChI=1S/C4H3ClN6/c5-4-8-1-2(6)3(9-4)10-11-7/h1H,6H2. The summed E-state index contributed by atoms with van der Waals surface area (Å²) in [6.07, 6.45) is 1.28. The van der Waals surface area contributed by atoms with Crippen molar-refractivity contribution in [2.45, 2.75) is 0 Å². The van der Waals surface area contributed by atoms with Gasteiger partial charge in [-0.05, 0) is 22.2 Å². The first kappa shape index (κ1) is 7.59. The van der Waals surface area contributed by atoms with Crippen molar-refractivity contribution in [2.24, 2.45) is 5.11 Å². The first-order chi connectivity index (χ1) is 5.24. The van der Waals surface area contributed by atoms with E-state index in [0.717, 1.165) is 0 Å². The van der Waals surface area contributed by atoms with Crippen LogP contribution < -0.4 is 5.73 Å². The number of hydrogen-bond acceptors (Lipinski definition) is 4. The van der Waals surface area contributed by atoms with Crippen LogP contribution in [0.15, 0.2) is 11.3 Å². The van der Waals surface area contributed by atoms with Gasteiger partial charge in [0.2, 0.25) is 5.28 Å². The van der Waals surface area contributed by atoms with Gasteiger partial charge in [0.1, 0.15) is 0 Å². The third-order valence-electron chi connectivity index (χ3n) is 0.906. The summed E-state index contributed by atoms with van der Waals surface area (Å²) in [5.41, 5.74) is 13.6. The molecule has 0 atom stereocenters. The highest BCUT2D eigenvalue weighted by Crippen LogP contribution is 2.18. The summed E-state index contributed by atoms with van der Waals surface area (Å²) >= 11 is 5.39. The first-order valence-corrected chi connectivity index (χ1v) is 2.95. The Bertz CT molecular complexity index is 316. The average Bonchev–Trinajstić information content (AvgIpc) is 1.98. The van der Waals surface area contributed by atoms with Crippen LogP contribution in [-0.4, -0.2) is 9.97 Å². The van der Waals surface area contributed by atoms with E-state index in [4.69, 9.17) is 22.9 Å². The molecule has 1 rings (SSSR count). The van der Waals surface area contributed by atoms with E-state index in [0.29, 0.717) is 0 Å². The second kappa shape index (κ2) is 3.05. The molecule has 0 saturated carbocycles. The monoisotopic (exact) mass is 170 g/mol. The molecule has 6 nitrogen and oxygen atoms in total. The lowest BCUT2D eigenvalue weighted by molar-refractivity contribution is 1.15. The Morgan fingerprint density at radius 3 is 3.09 bits per heavy atom. The van der Waals surface area contributed by atoms with Gasteiger partial charge >= 0.3 is 0 Å². The molecule has 0 saturated heterocycles. The second-order valence-electron chi connectivity index (χ2n) is 1.61. The molecule has 0 radical (unpaired) electrons. The molecule has 2 N–H and O–H groups in total. The first-order valence-electron chi connectivity index (χ1n) is 2.57. The van der Waals surface area contributed by atoms with Crippen LogP contribution in [0.5, 0.6) is 0 Å². The third-order valence-corrected chi connectivity index (χ3v) is 1.09. The Kier molecular flexibility index (Phi) is 2.10.